The molecule has 1 N–H and O–H groups in total. The van der Waals surface area contributed by atoms with Gasteiger partial charge in [0.25, 0.3) is 0 Å². The van der Waals surface area contributed by atoms with Gasteiger partial charge in [-0.2, -0.15) is 0 Å². The molecule has 3 nitrogen and oxygen atoms in total. The monoisotopic (exact) mass is 285 g/mol. The molecule has 0 aliphatic carbocycles. The van der Waals surface area contributed by atoms with Gasteiger partial charge in [0.05, 0.1) is 6.61 Å². The first-order chi connectivity index (χ1) is 10.4. The van der Waals surface area contributed by atoms with Crippen molar-refractivity contribution in [1.29, 1.82) is 0 Å². The Morgan fingerprint density at radius 2 is 2.00 bits per heavy atom. The van der Waals surface area contributed by atoms with Crippen molar-refractivity contribution in [1.82, 2.24) is 5.32 Å². The van der Waals surface area contributed by atoms with E-state index in [2.05, 4.69) is 41.7 Å². The van der Waals surface area contributed by atoms with Crippen LogP contribution in [-0.2, 0) is 11.3 Å². The Hall–Kier alpha value is -1.84. The molecule has 0 saturated carbocycles. The van der Waals surface area contributed by atoms with Gasteiger partial charge in [0.1, 0.15) is 12.4 Å². The highest BCUT2D eigenvalue weighted by Gasteiger charge is 2.08. The molecule has 0 aliphatic heterocycles. The Kier molecular flexibility index (Phi) is 6.25. The predicted octanol–water partition coefficient (Wildman–Crippen LogP) is 3.53. The minimum atomic E-state index is 0.597. The van der Waals surface area contributed by atoms with Crippen molar-refractivity contribution in [2.75, 3.05) is 26.9 Å². The maximum absolute atomic E-state index is 5.88. The molecular weight excluding hydrogens is 262 g/mol. The third-order valence-electron chi connectivity index (χ3n) is 3.35. The lowest BCUT2D eigenvalue weighted by atomic mass is 10.0. The van der Waals surface area contributed by atoms with Crippen LogP contribution in [0.4, 0.5) is 0 Å². The summed E-state index contributed by atoms with van der Waals surface area (Å²) in [4.78, 5) is 0. The van der Waals surface area contributed by atoms with Gasteiger partial charge in [-0.05, 0) is 23.8 Å². The van der Waals surface area contributed by atoms with Crippen molar-refractivity contribution >= 4 is 10.8 Å². The minimum Gasteiger partial charge on any atom is -0.489 e. The van der Waals surface area contributed by atoms with Crippen molar-refractivity contribution in [2.45, 2.75) is 13.5 Å². The average Bonchev–Trinajstić information content (AvgIpc) is 2.53. The van der Waals surface area contributed by atoms with E-state index in [0.717, 1.165) is 18.8 Å². The molecule has 0 radical (unpaired) electrons. The first kappa shape index (κ1) is 15.5. The quantitative estimate of drug-likeness (QED) is 0.594. The van der Waals surface area contributed by atoms with Crippen molar-refractivity contribution in [3.8, 4) is 5.75 Å². The van der Waals surface area contributed by atoms with E-state index in [4.69, 9.17) is 9.47 Å². The predicted molar refractivity (Wildman–Crippen MR) is 87.8 cm³/mol. The van der Waals surface area contributed by atoms with Gasteiger partial charge in [-0.25, -0.2) is 0 Å². The van der Waals surface area contributed by atoms with Gasteiger partial charge in [-0.15, -0.1) is 0 Å². The molecule has 0 spiro atoms. The van der Waals surface area contributed by atoms with E-state index in [1.54, 1.807) is 7.11 Å². The summed E-state index contributed by atoms with van der Waals surface area (Å²) in [6.45, 7) is 4.90. The number of benzene rings is 2. The molecule has 112 valence electrons. The fraction of sp³-hybridized carbons (Fsp3) is 0.333. The Bertz CT molecular complexity index is 593. The number of nitrogens with one attached hydrogen (secondary N) is 1. The Balaban J connectivity index is 2.23. The molecule has 0 aliphatic rings. The van der Waals surface area contributed by atoms with Crippen LogP contribution in [0.25, 0.3) is 10.8 Å². The fourth-order valence-corrected chi connectivity index (χ4v) is 2.26. The highest BCUT2D eigenvalue weighted by Crippen LogP contribution is 2.28. The number of hydrogen-bond acceptors (Lipinski definition) is 3. The summed E-state index contributed by atoms with van der Waals surface area (Å²) in [6, 6.07) is 12.6. The summed E-state index contributed by atoms with van der Waals surface area (Å²) in [7, 11) is 1.71. The molecule has 2 rings (SSSR count). The van der Waals surface area contributed by atoms with Crippen LogP contribution < -0.4 is 10.1 Å². The molecule has 0 amide bonds. The molecule has 0 unspecified atom stereocenters. The second-order valence-electron chi connectivity index (χ2n) is 4.81. The van der Waals surface area contributed by atoms with E-state index >= 15 is 0 Å². The van der Waals surface area contributed by atoms with E-state index in [1.807, 2.05) is 19.1 Å². The maximum atomic E-state index is 5.88. The summed E-state index contributed by atoms with van der Waals surface area (Å²) in [5.41, 5.74) is 1.20. The summed E-state index contributed by atoms with van der Waals surface area (Å²) in [5.74, 6) is 0.941. The summed E-state index contributed by atoms with van der Waals surface area (Å²) < 4.78 is 11.0. The number of hydrogen-bond donors (Lipinski definition) is 1. The zero-order valence-electron chi connectivity index (χ0n) is 12.8. The van der Waals surface area contributed by atoms with E-state index in [1.165, 1.54) is 16.3 Å². The van der Waals surface area contributed by atoms with Crippen LogP contribution in [0, 0.1) is 0 Å². The Morgan fingerprint density at radius 3 is 2.81 bits per heavy atom. The molecule has 0 heterocycles. The van der Waals surface area contributed by atoms with Crippen molar-refractivity contribution < 1.29 is 9.47 Å². The maximum Gasteiger partial charge on any atom is 0.124 e. The Labute approximate surface area is 126 Å². The molecule has 2 aromatic rings. The van der Waals surface area contributed by atoms with Crippen molar-refractivity contribution in [3.63, 3.8) is 0 Å². The van der Waals surface area contributed by atoms with Gasteiger partial charge < -0.3 is 14.8 Å². The van der Waals surface area contributed by atoms with Gasteiger partial charge in [0.15, 0.2) is 0 Å². The molecule has 0 saturated heterocycles. The highest BCUT2D eigenvalue weighted by atomic mass is 16.5. The van der Waals surface area contributed by atoms with E-state index in [-0.39, 0.29) is 0 Å². The zero-order chi connectivity index (χ0) is 14.9. The normalized spacial score (nSPS) is 11.3. The SMILES string of the molecule is CC=CCOc1ccc2ccccc2c1CNCCOC. The van der Waals surface area contributed by atoms with Gasteiger partial charge in [0.2, 0.25) is 0 Å². The standard InChI is InChI=1S/C18H23NO2/c1-3-4-12-21-18-10-9-15-7-5-6-8-16(15)17(18)14-19-11-13-20-2/h3-10,19H,11-14H2,1-2H3. The fourth-order valence-electron chi connectivity index (χ4n) is 2.26. The van der Waals surface area contributed by atoms with E-state index in [9.17, 15) is 0 Å². The largest absolute Gasteiger partial charge is 0.489 e. The van der Waals surface area contributed by atoms with Gasteiger partial charge >= 0.3 is 0 Å². The number of methoxy groups -OCH3 is 1. The molecular formula is C18H23NO2. The molecule has 0 fully saturated rings. The summed E-state index contributed by atoms with van der Waals surface area (Å²) >= 11 is 0. The van der Waals surface area contributed by atoms with Crippen LogP contribution in [0.2, 0.25) is 0 Å². The van der Waals surface area contributed by atoms with Crippen molar-refractivity contribution in [2.24, 2.45) is 0 Å². The molecule has 21 heavy (non-hydrogen) atoms. The van der Waals surface area contributed by atoms with Gasteiger partial charge in [-0.3, -0.25) is 0 Å². The lowest BCUT2D eigenvalue weighted by Crippen LogP contribution is -2.19. The lowest BCUT2D eigenvalue weighted by Gasteiger charge is -2.14. The Morgan fingerprint density at radius 1 is 1.14 bits per heavy atom. The van der Waals surface area contributed by atoms with E-state index < -0.39 is 0 Å². The molecule has 2 aromatic carbocycles. The van der Waals surface area contributed by atoms with Crippen LogP contribution in [0.1, 0.15) is 12.5 Å². The first-order valence-corrected chi connectivity index (χ1v) is 7.31. The number of allylic oxidation sites excluding steroid dienone is 1. The topological polar surface area (TPSA) is 30.5 Å². The summed E-state index contributed by atoms with van der Waals surface area (Å²) in [5, 5.41) is 5.87. The van der Waals surface area contributed by atoms with Gasteiger partial charge in [-0.1, -0.05) is 42.5 Å². The molecule has 0 atom stereocenters. The van der Waals surface area contributed by atoms with Gasteiger partial charge in [0, 0.05) is 25.8 Å². The number of fused-ring (bicyclic) bond motifs is 1. The van der Waals surface area contributed by atoms with Crippen LogP contribution in [0.5, 0.6) is 5.75 Å². The molecule has 0 bridgehead atoms. The second-order valence-corrected chi connectivity index (χ2v) is 4.81. The van der Waals surface area contributed by atoms with Crippen LogP contribution in [0.3, 0.4) is 0 Å². The van der Waals surface area contributed by atoms with Crippen LogP contribution >= 0.6 is 0 Å². The highest BCUT2D eigenvalue weighted by molar-refractivity contribution is 5.87. The first-order valence-electron chi connectivity index (χ1n) is 7.31. The summed E-state index contributed by atoms with van der Waals surface area (Å²) in [6.07, 6.45) is 4.01. The smallest absolute Gasteiger partial charge is 0.124 e. The average molecular weight is 285 g/mol. The third kappa shape index (κ3) is 4.31. The zero-order valence-corrected chi connectivity index (χ0v) is 12.8. The minimum absolute atomic E-state index is 0.597. The lowest BCUT2D eigenvalue weighted by molar-refractivity contribution is 0.199. The molecule has 0 aromatic heterocycles. The molecule has 3 heteroatoms. The van der Waals surface area contributed by atoms with Crippen molar-refractivity contribution in [3.05, 3.63) is 54.1 Å². The van der Waals surface area contributed by atoms with E-state index in [0.29, 0.717) is 13.2 Å². The third-order valence-corrected chi connectivity index (χ3v) is 3.35. The number of ether oxygens (including phenoxy) is 2. The second kappa shape index (κ2) is 8.45. The van der Waals surface area contributed by atoms with Crippen LogP contribution in [0.15, 0.2) is 48.6 Å². The number of rotatable bonds is 8. The van der Waals surface area contributed by atoms with Crippen LogP contribution in [-0.4, -0.2) is 26.9 Å².